The van der Waals surface area contributed by atoms with Crippen molar-refractivity contribution >= 4 is 45.7 Å². The first-order chi connectivity index (χ1) is 24.6. The van der Waals surface area contributed by atoms with E-state index in [1.54, 1.807) is 24.3 Å². The summed E-state index contributed by atoms with van der Waals surface area (Å²) in [5.74, 6) is 2.58. The predicted octanol–water partition coefficient (Wildman–Crippen LogP) is 11.3. The summed E-state index contributed by atoms with van der Waals surface area (Å²) in [6.45, 7) is 0. The lowest BCUT2D eigenvalue weighted by molar-refractivity contribution is 0.100. The third kappa shape index (κ3) is 4.90. The maximum absolute atomic E-state index is 14.0. The molecule has 6 nitrogen and oxygen atoms in total. The Kier molecular flexibility index (Phi) is 6.99. The molecule has 238 valence electrons. The van der Waals surface area contributed by atoms with Crippen LogP contribution in [0.2, 0.25) is 0 Å². The van der Waals surface area contributed by atoms with Crippen molar-refractivity contribution in [3.8, 4) is 23.0 Å². The van der Waals surface area contributed by atoms with E-state index in [-0.39, 0.29) is 11.6 Å². The number of carbonyl (C=O) groups is 2. The maximum atomic E-state index is 14.0. The van der Waals surface area contributed by atoms with Crippen molar-refractivity contribution in [2.75, 3.05) is 9.80 Å². The molecule has 0 atom stereocenters. The molecular weight excluding hydrogens is 620 g/mol. The lowest BCUT2D eigenvalue weighted by atomic mass is 9.93. The van der Waals surface area contributed by atoms with Gasteiger partial charge in [-0.15, -0.1) is 0 Å². The Morgan fingerprint density at radius 2 is 0.620 bits per heavy atom. The van der Waals surface area contributed by atoms with Gasteiger partial charge < -0.3 is 19.3 Å². The largest absolute Gasteiger partial charge is 0.453 e. The lowest BCUT2D eigenvalue weighted by Crippen LogP contribution is -2.16. The molecule has 0 spiro atoms. The summed E-state index contributed by atoms with van der Waals surface area (Å²) in [6, 6.07) is 53.5. The van der Waals surface area contributed by atoms with E-state index in [0.717, 1.165) is 57.1 Å². The molecule has 7 aromatic carbocycles. The summed E-state index contributed by atoms with van der Waals surface area (Å²) in [5, 5.41) is 0. The molecule has 0 unspecified atom stereocenters. The summed E-state index contributed by atoms with van der Waals surface area (Å²) in [4.78, 5) is 32.2. The van der Waals surface area contributed by atoms with Crippen LogP contribution in [0.3, 0.4) is 0 Å². The number of carbonyl (C=O) groups excluding carboxylic acids is 2. The van der Waals surface area contributed by atoms with Gasteiger partial charge in [0.25, 0.3) is 0 Å². The van der Waals surface area contributed by atoms with E-state index in [1.807, 2.05) is 146 Å². The van der Waals surface area contributed by atoms with Crippen LogP contribution in [0, 0.1) is 0 Å². The smallest absolute Gasteiger partial charge is 0.193 e. The molecule has 2 aliphatic heterocycles. The van der Waals surface area contributed by atoms with Crippen molar-refractivity contribution in [1.82, 2.24) is 0 Å². The van der Waals surface area contributed by atoms with E-state index in [4.69, 9.17) is 9.47 Å². The van der Waals surface area contributed by atoms with Gasteiger partial charge in [-0.1, -0.05) is 72.8 Å². The van der Waals surface area contributed by atoms with Crippen LogP contribution in [0.1, 0.15) is 31.8 Å². The molecule has 0 saturated heterocycles. The first-order valence-electron chi connectivity index (χ1n) is 16.3. The van der Waals surface area contributed by atoms with Gasteiger partial charge in [0.05, 0.1) is 22.7 Å². The lowest BCUT2D eigenvalue weighted by Gasteiger charge is -2.32. The molecule has 7 aromatic rings. The van der Waals surface area contributed by atoms with Gasteiger partial charge in [0.2, 0.25) is 0 Å². The van der Waals surface area contributed by atoms with Gasteiger partial charge >= 0.3 is 0 Å². The fraction of sp³-hybridized carbons (Fsp3) is 0. The summed E-state index contributed by atoms with van der Waals surface area (Å²) in [7, 11) is 0. The Hall–Kier alpha value is -6.92. The molecule has 9 rings (SSSR count). The number of benzene rings is 7. The minimum Gasteiger partial charge on any atom is -0.453 e. The molecule has 6 heteroatoms. The monoisotopic (exact) mass is 648 g/mol. The van der Waals surface area contributed by atoms with Crippen LogP contribution in [-0.2, 0) is 0 Å². The third-order valence-electron chi connectivity index (χ3n) is 9.06. The van der Waals surface area contributed by atoms with Crippen LogP contribution in [-0.4, -0.2) is 11.6 Å². The van der Waals surface area contributed by atoms with Gasteiger partial charge in [-0.05, 0) is 97.1 Å². The van der Waals surface area contributed by atoms with E-state index in [2.05, 4.69) is 9.80 Å². The number of rotatable bonds is 6. The first kappa shape index (κ1) is 29.2. The number of fused-ring (bicyclic) bond motifs is 4. The summed E-state index contributed by atoms with van der Waals surface area (Å²) >= 11 is 0. The van der Waals surface area contributed by atoms with Crippen molar-refractivity contribution in [2.24, 2.45) is 0 Å². The Morgan fingerprint density at radius 3 is 0.940 bits per heavy atom. The molecule has 0 N–H and O–H groups in total. The number of ether oxygens (including phenoxy) is 2. The highest BCUT2D eigenvalue weighted by Gasteiger charge is 2.27. The maximum Gasteiger partial charge on any atom is 0.193 e. The van der Waals surface area contributed by atoms with Crippen LogP contribution in [0.4, 0.5) is 34.1 Å². The Labute approximate surface area is 289 Å². The normalized spacial score (nSPS) is 12.4. The van der Waals surface area contributed by atoms with Crippen LogP contribution in [0.15, 0.2) is 170 Å². The number of para-hydroxylation sites is 8. The Morgan fingerprint density at radius 1 is 0.340 bits per heavy atom. The molecule has 0 aromatic heterocycles. The highest BCUT2D eigenvalue weighted by atomic mass is 16.5. The average Bonchev–Trinajstić information content (AvgIpc) is 3.18. The minimum absolute atomic E-state index is 0.221. The molecule has 50 heavy (non-hydrogen) atoms. The summed E-state index contributed by atoms with van der Waals surface area (Å²) < 4.78 is 12.3. The van der Waals surface area contributed by atoms with E-state index in [9.17, 15) is 9.59 Å². The molecule has 0 radical (unpaired) electrons. The van der Waals surface area contributed by atoms with Crippen molar-refractivity contribution in [2.45, 2.75) is 0 Å². The molecule has 0 bridgehead atoms. The van der Waals surface area contributed by atoms with E-state index >= 15 is 0 Å². The highest BCUT2D eigenvalue weighted by Crippen LogP contribution is 2.51. The van der Waals surface area contributed by atoms with Crippen LogP contribution in [0.25, 0.3) is 0 Å². The second-order valence-electron chi connectivity index (χ2n) is 12.0. The van der Waals surface area contributed by atoms with E-state index in [1.165, 1.54) is 0 Å². The van der Waals surface area contributed by atoms with E-state index in [0.29, 0.717) is 22.3 Å². The van der Waals surface area contributed by atoms with Crippen molar-refractivity contribution in [1.29, 1.82) is 0 Å². The molecule has 2 heterocycles. The quantitative estimate of drug-likeness (QED) is 0.167. The first-order valence-corrected chi connectivity index (χ1v) is 16.3. The summed E-state index contributed by atoms with van der Waals surface area (Å²) in [5.41, 5.74) is 7.11. The number of nitrogens with zero attached hydrogens (tertiary/aromatic N) is 2. The van der Waals surface area contributed by atoms with E-state index < -0.39 is 0 Å². The van der Waals surface area contributed by atoms with Gasteiger partial charge in [0.1, 0.15) is 0 Å². The second kappa shape index (κ2) is 12.0. The van der Waals surface area contributed by atoms with Crippen LogP contribution < -0.4 is 19.3 Å². The number of anilines is 6. The fourth-order valence-electron chi connectivity index (χ4n) is 6.68. The van der Waals surface area contributed by atoms with Crippen LogP contribution >= 0.6 is 0 Å². The predicted molar refractivity (Wildman–Crippen MR) is 196 cm³/mol. The van der Waals surface area contributed by atoms with Gasteiger partial charge in [-0.3, -0.25) is 9.59 Å². The fourth-order valence-corrected chi connectivity index (χ4v) is 6.68. The third-order valence-corrected chi connectivity index (χ3v) is 9.06. The van der Waals surface area contributed by atoms with Gasteiger partial charge in [-0.25, -0.2) is 0 Å². The second-order valence-corrected chi connectivity index (χ2v) is 12.0. The van der Waals surface area contributed by atoms with Crippen LogP contribution in [0.5, 0.6) is 23.0 Å². The molecule has 0 aliphatic carbocycles. The Bertz CT molecular complexity index is 2170. The number of hydrogen-bond acceptors (Lipinski definition) is 6. The highest BCUT2D eigenvalue weighted by molar-refractivity contribution is 6.19. The number of hydrogen-bond donors (Lipinski definition) is 0. The zero-order chi connectivity index (χ0) is 33.6. The molecular formula is C44H28N2O4. The minimum atomic E-state index is -0.221. The van der Waals surface area contributed by atoms with Gasteiger partial charge in [0, 0.05) is 33.6 Å². The zero-order valence-electron chi connectivity index (χ0n) is 26.7. The standard InChI is InChI=1S/C44H28N2O4/c47-43(29-21-25-31(26-22-29)45-35-13-3-7-17-39(35)49-40-18-8-4-14-36(40)45)33-11-1-2-12-34(33)44(48)30-23-27-32(28-24-30)46-37-15-5-9-19-41(37)50-42-20-10-6-16-38(42)46/h1-28H. The van der Waals surface area contributed by atoms with Gasteiger partial charge in [0.15, 0.2) is 34.6 Å². The molecule has 0 saturated carbocycles. The Balaban J connectivity index is 1.01. The molecule has 0 fully saturated rings. The molecule has 2 aliphatic rings. The van der Waals surface area contributed by atoms with Crippen molar-refractivity contribution in [3.05, 3.63) is 192 Å². The average molecular weight is 649 g/mol. The topological polar surface area (TPSA) is 59.1 Å². The van der Waals surface area contributed by atoms with Gasteiger partial charge in [-0.2, -0.15) is 0 Å². The SMILES string of the molecule is O=C(c1ccc(N2c3ccccc3Oc3ccccc32)cc1)c1ccccc1C(=O)c1ccc(N2c3ccccc3Oc3ccccc32)cc1. The zero-order valence-corrected chi connectivity index (χ0v) is 26.7. The summed E-state index contributed by atoms with van der Waals surface area (Å²) in [6.07, 6.45) is 0. The van der Waals surface area contributed by atoms with Crippen molar-refractivity contribution in [3.63, 3.8) is 0 Å². The molecule has 0 amide bonds. The van der Waals surface area contributed by atoms with Crippen molar-refractivity contribution < 1.29 is 19.1 Å². The number of ketones is 2.